The van der Waals surface area contributed by atoms with Gasteiger partial charge in [-0.25, -0.2) is 9.59 Å². The number of hydrogen-bond donors (Lipinski definition) is 3. The summed E-state index contributed by atoms with van der Waals surface area (Å²) in [7, 11) is 0. The molecule has 35 heavy (non-hydrogen) atoms. The average molecular weight is 476 g/mol. The normalized spacial score (nSPS) is 11.5. The van der Waals surface area contributed by atoms with E-state index in [1.807, 2.05) is 0 Å². The average Bonchev–Trinajstić information content (AvgIpc) is 2.82. The predicted octanol–water partition coefficient (Wildman–Crippen LogP) is 4.88. The van der Waals surface area contributed by atoms with Gasteiger partial charge in [-0.1, -0.05) is 41.6 Å². The van der Waals surface area contributed by atoms with E-state index in [0.717, 1.165) is 0 Å². The molecule has 0 radical (unpaired) electrons. The lowest BCUT2D eigenvalue weighted by Crippen LogP contribution is -2.24. The highest BCUT2D eigenvalue weighted by Gasteiger charge is 2.19. The molecule has 9 heteroatoms. The molecule has 0 saturated carbocycles. The van der Waals surface area contributed by atoms with Gasteiger partial charge in [-0.3, -0.25) is 9.63 Å². The number of carbonyl (C=O) groups excluding carboxylic acids is 2. The summed E-state index contributed by atoms with van der Waals surface area (Å²) < 4.78 is 4.99. The van der Waals surface area contributed by atoms with Crippen molar-refractivity contribution in [2.24, 2.45) is 10.9 Å². The van der Waals surface area contributed by atoms with Gasteiger partial charge in [-0.05, 0) is 68.3 Å². The topological polar surface area (TPSA) is 140 Å². The maximum atomic E-state index is 13.0. The van der Waals surface area contributed by atoms with E-state index in [2.05, 4.69) is 15.3 Å². The number of benzene rings is 3. The number of nitrogens with zero attached hydrogens (tertiary/aromatic N) is 1. The second-order valence-electron chi connectivity index (χ2n) is 8.46. The van der Waals surface area contributed by atoms with Crippen molar-refractivity contribution >= 4 is 29.6 Å². The van der Waals surface area contributed by atoms with Gasteiger partial charge in [0.15, 0.2) is 5.84 Å². The van der Waals surface area contributed by atoms with Gasteiger partial charge in [0.1, 0.15) is 5.60 Å². The van der Waals surface area contributed by atoms with Crippen LogP contribution in [0, 0.1) is 0 Å². The Bertz CT molecular complexity index is 1280. The first kappa shape index (κ1) is 25.0. The van der Waals surface area contributed by atoms with E-state index in [4.69, 9.17) is 10.5 Å². The van der Waals surface area contributed by atoms with Crippen molar-refractivity contribution in [1.82, 2.24) is 0 Å². The van der Waals surface area contributed by atoms with E-state index in [-0.39, 0.29) is 11.4 Å². The lowest BCUT2D eigenvalue weighted by atomic mass is 9.95. The maximum absolute atomic E-state index is 13.0. The maximum Gasteiger partial charge on any atom is 0.535 e. The number of aromatic carboxylic acids is 1. The molecule has 0 bridgehead atoms. The first-order valence-electron chi connectivity index (χ1n) is 10.6. The Morgan fingerprint density at radius 2 is 1.40 bits per heavy atom. The number of carboxylic acids is 1. The van der Waals surface area contributed by atoms with Gasteiger partial charge in [-0.15, -0.1) is 0 Å². The molecule has 0 aliphatic heterocycles. The molecule has 0 aromatic heterocycles. The Balaban J connectivity index is 1.75. The highest BCUT2D eigenvalue weighted by atomic mass is 16.8. The zero-order chi connectivity index (χ0) is 25.6. The van der Waals surface area contributed by atoms with Crippen LogP contribution in [-0.4, -0.2) is 34.6 Å². The molecule has 4 N–H and O–H groups in total. The zero-order valence-corrected chi connectivity index (χ0v) is 19.4. The van der Waals surface area contributed by atoms with Crippen LogP contribution in [0.4, 0.5) is 10.5 Å². The third-order valence-corrected chi connectivity index (χ3v) is 4.67. The van der Waals surface area contributed by atoms with E-state index < -0.39 is 23.6 Å². The second kappa shape index (κ2) is 10.5. The number of ether oxygens (including phenoxy) is 1. The highest BCUT2D eigenvalue weighted by Crippen LogP contribution is 2.28. The smallest absolute Gasteiger partial charge is 0.478 e. The predicted molar refractivity (Wildman–Crippen MR) is 131 cm³/mol. The lowest BCUT2D eigenvalue weighted by molar-refractivity contribution is -0.00626. The Kier molecular flexibility index (Phi) is 7.50. The fourth-order valence-electron chi connectivity index (χ4n) is 3.15. The number of oxime groups is 1. The van der Waals surface area contributed by atoms with E-state index in [1.165, 1.54) is 6.07 Å². The summed E-state index contributed by atoms with van der Waals surface area (Å²) >= 11 is 0. The van der Waals surface area contributed by atoms with E-state index in [0.29, 0.717) is 27.9 Å². The second-order valence-corrected chi connectivity index (χ2v) is 8.46. The van der Waals surface area contributed by atoms with Crippen molar-refractivity contribution in [3.05, 3.63) is 89.5 Å². The summed E-state index contributed by atoms with van der Waals surface area (Å²) in [6.07, 6.45) is -0.979. The molecule has 0 fully saturated rings. The fourth-order valence-corrected chi connectivity index (χ4v) is 3.15. The third kappa shape index (κ3) is 6.67. The van der Waals surface area contributed by atoms with Crippen molar-refractivity contribution in [2.75, 3.05) is 5.32 Å². The van der Waals surface area contributed by atoms with Gasteiger partial charge in [-0.2, -0.15) is 0 Å². The summed E-state index contributed by atoms with van der Waals surface area (Å²) in [6.45, 7) is 5.08. The molecule has 1 amide bonds. The Labute approximate surface area is 202 Å². The molecular formula is C26H25N3O6. The molecule has 0 spiro atoms. The minimum Gasteiger partial charge on any atom is -0.478 e. The summed E-state index contributed by atoms with van der Waals surface area (Å²) in [4.78, 5) is 40.9. The van der Waals surface area contributed by atoms with E-state index in [1.54, 1.807) is 87.5 Å². The van der Waals surface area contributed by atoms with Gasteiger partial charge in [0.25, 0.3) is 5.91 Å². The monoisotopic (exact) mass is 475 g/mol. The molecule has 3 aromatic carbocycles. The molecule has 0 atom stereocenters. The van der Waals surface area contributed by atoms with Crippen LogP contribution >= 0.6 is 0 Å². The van der Waals surface area contributed by atoms with Gasteiger partial charge >= 0.3 is 12.1 Å². The minimum atomic E-state index is -1.08. The first-order valence-corrected chi connectivity index (χ1v) is 10.6. The molecule has 0 saturated heterocycles. The summed E-state index contributed by atoms with van der Waals surface area (Å²) in [5.41, 5.74) is 7.41. The largest absolute Gasteiger partial charge is 0.535 e. The van der Waals surface area contributed by atoms with Gasteiger partial charge in [0.05, 0.1) is 5.56 Å². The number of rotatable bonds is 6. The van der Waals surface area contributed by atoms with Crippen LogP contribution in [0.5, 0.6) is 0 Å². The minimum absolute atomic E-state index is 0.0515. The first-order chi connectivity index (χ1) is 16.5. The fraction of sp³-hybridized carbons (Fsp3) is 0.154. The quantitative estimate of drug-likeness (QED) is 0.152. The Morgan fingerprint density at radius 3 is 1.97 bits per heavy atom. The molecule has 0 aliphatic rings. The van der Waals surface area contributed by atoms with Crippen LogP contribution in [0.1, 0.15) is 47.1 Å². The summed E-state index contributed by atoms with van der Waals surface area (Å²) in [6, 6.07) is 19.7. The van der Waals surface area contributed by atoms with Crippen molar-refractivity contribution in [1.29, 1.82) is 0 Å². The van der Waals surface area contributed by atoms with Crippen LogP contribution in [-0.2, 0) is 9.57 Å². The molecule has 9 nitrogen and oxygen atoms in total. The number of carbonyl (C=O) groups is 3. The van der Waals surface area contributed by atoms with Crippen LogP contribution in [0.3, 0.4) is 0 Å². The SMILES string of the molecule is CC(C)(C)OC(=O)ON=C(N)c1ccc(NC(=O)c2ccccc2-c2ccccc2C(=O)O)cc1. The number of anilines is 1. The van der Waals surface area contributed by atoms with Gasteiger partial charge < -0.3 is 20.9 Å². The van der Waals surface area contributed by atoms with Crippen molar-refractivity contribution in [3.8, 4) is 11.1 Å². The van der Waals surface area contributed by atoms with Crippen molar-refractivity contribution in [2.45, 2.75) is 26.4 Å². The standard InChI is InChI=1S/C26H25N3O6/c1-26(2,3)34-25(33)35-29-22(27)16-12-14-17(15-13-16)28-23(30)20-10-6-4-8-18(20)19-9-5-7-11-21(19)24(31)32/h4-15H,1-3H3,(H2,27,29)(H,28,30)(H,31,32). The summed E-state index contributed by atoms with van der Waals surface area (Å²) in [5.74, 6) is -1.55. The van der Waals surface area contributed by atoms with Crippen LogP contribution in [0.15, 0.2) is 78.0 Å². The Morgan fingerprint density at radius 1 is 0.857 bits per heavy atom. The molecule has 0 aliphatic carbocycles. The molecule has 180 valence electrons. The van der Waals surface area contributed by atoms with E-state index >= 15 is 0 Å². The molecule has 0 heterocycles. The lowest BCUT2D eigenvalue weighted by Gasteiger charge is -2.17. The van der Waals surface area contributed by atoms with Crippen molar-refractivity contribution in [3.63, 3.8) is 0 Å². The van der Waals surface area contributed by atoms with Crippen LogP contribution < -0.4 is 11.1 Å². The summed E-state index contributed by atoms with van der Waals surface area (Å²) in [5, 5.41) is 15.9. The number of nitrogens with one attached hydrogen (secondary N) is 1. The molecule has 0 unspecified atom stereocenters. The zero-order valence-electron chi connectivity index (χ0n) is 19.4. The molecule has 3 aromatic rings. The van der Waals surface area contributed by atoms with E-state index in [9.17, 15) is 19.5 Å². The van der Waals surface area contributed by atoms with Gasteiger partial charge in [0, 0.05) is 16.8 Å². The number of hydrogen-bond acceptors (Lipinski definition) is 6. The number of carboxylic acid groups (broad SMARTS) is 1. The third-order valence-electron chi connectivity index (χ3n) is 4.67. The molecular weight excluding hydrogens is 450 g/mol. The number of nitrogens with two attached hydrogens (primary N) is 1. The molecule has 3 rings (SSSR count). The van der Waals surface area contributed by atoms with Crippen LogP contribution in [0.2, 0.25) is 0 Å². The van der Waals surface area contributed by atoms with Crippen molar-refractivity contribution < 1.29 is 29.1 Å². The van der Waals surface area contributed by atoms with Gasteiger partial charge in [0.2, 0.25) is 0 Å². The van der Waals surface area contributed by atoms with Crippen LogP contribution in [0.25, 0.3) is 11.1 Å². The number of amides is 1. The highest BCUT2D eigenvalue weighted by molar-refractivity contribution is 6.10. The number of amidine groups is 1. The Hall–Kier alpha value is -4.66.